The normalized spacial score (nSPS) is 12.1. The van der Waals surface area contributed by atoms with Crippen LogP contribution in [-0.2, 0) is 4.74 Å². The zero-order valence-electron chi connectivity index (χ0n) is 18.6. The van der Waals surface area contributed by atoms with Gasteiger partial charge < -0.3 is 13.7 Å². The van der Waals surface area contributed by atoms with Crippen molar-refractivity contribution in [3.05, 3.63) is 83.1 Å². The Hall–Kier alpha value is -4.40. The van der Waals surface area contributed by atoms with Crippen LogP contribution in [0.4, 0.5) is 4.39 Å². The average molecular weight is 458 g/mol. The molecule has 0 aliphatic rings. The van der Waals surface area contributed by atoms with Crippen LogP contribution in [0.25, 0.3) is 33.8 Å². The second-order valence-corrected chi connectivity index (χ2v) is 7.87. The molecule has 0 amide bonds. The third-order valence-corrected chi connectivity index (χ3v) is 5.35. The highest BCUT2D eigenvalue weighted by Gasteiger charge is 2.25. The summed E-state index contributed by atoms with van der Waals surface area (Å²) in [4.78, 5) is 17.6. The van der Waals surface area contributed by atoms with E-state index < -0.39 is 12.1 Å². The van der Waals surface area contributed by atoms with Gasteiger partial charge in [0.2, 0.25) is 5.89 Å². The van der Waals surface area contributed by atoms with Gasteiger partial charge in [-0.25, -0.2) is 14.2 Å². The van der Waals surface area contributed by atoms with Crippen LogP contribution in [-0.4, -0.2) is 26.3 Å². The molecular weight excluding hydrogens is 439 g/mol. The molecule has 0 saturated carbocycles. The summed E-state index contributed by atoms with van der Waals surface area (Å²) in [5, 5.41) is 12.5. The molecule has 8 nitrogen and oxygen atoms in total. The number of hydrogen-bond acceptors (Lipinski definition) is 8. The Morgan fingerprint density at radius 1 is 1.00 bits per heavy atom. The summed E-state index contributed by atoms with van der Waals surface area (Å²) in [5.41, 5.74) is 3.79. The highest BCUT2D eigenvalue weighted by molar-refractivity contribution is 6.04. The smallest absolute Gasteiger partial charge is 0.339 e. The topological polar surface area (TPSA) is 104 Å². The average Bonchev–Trinajstić information content (AvgIpc) is 3.47. The quantitative estimate of drug-likeness (QED) is 0.313. The fraction of sp³-hybridized carbons (Fsp3) is 0.160. The maximum Gasteiger partial charge on any atom is 0.339 e. The first-order valence-electron chi connectivity index (χ1n) is 10.5. The first-order chi connectivity index (χ1) is 16.4. The molecule has 1 atom stereocenters. The summed E-state index contributed by atoms with van der Waals surface area (Å²) < 4.78 is 30.0. The fourth-order valence-corrected chi connectivity index (χ4v) is 3.51. The van der Waals surface area contributed by atoms with E-state index in [9.17, 15) is 9.18 Å². The van der Waals surface area contributed by atoms with Gasteiger partial charge in [-0.2, -0.15) is 0 Å². The minimum absolute atomic E-state index is 0.162. The first-order valence-corrected chi connectivity index (χ1v) is 10.5. The maximum absolute atomic E-state index is 13.4. The first kappa shape index (κ1) is 21.4. The Bertz CT molecular complexity index is 1490. The molecule has 0 saturated heterocycles. The predicted octanol–water partition coefficient (Wildman–Crippen LogP) is 5.61. The number of hydrogen-bond donors (Lipinski definition) is 0. The van der Waals surface area contributed by atoms with E-state index in [1.807, 2.05) is 31.2 Å². The Kier molecular flexibility index (Phi) is 5.37. The van der Waals surface area contributed by atoms with Gasteiger partial charge in [-0.3, -0.25) is 0 Å². The number of benzene rings is 2. The van der Waals surface area contributed by atoms with Crippen LogP contribution in [0.5, 0.6) is 0 Å². The van der Waals surface area contributed by atoms with E-state index >= 15 is 0 Å². The van der Waals surface area contributed by atoms with E-state index in [4.69, 9.17) is 13.7 Å². The van der Waals surface area contributed by atoms with Crippen molar-refractivity contribution in [1.29, 1.82) is 0 Å². The highest BCUT2D eigenvalue weighted by Crippen LogP contribution is 2.29. The molecule has 0 aliphatic carbocycles. The van der Waals surface area contributed by atoms with Gasteiger partial charge >= 0.3 is 5.97 Å². The lowest BCUT2D eigenvalue weighted by atomic mass is 10.1. The Labute approximate surface area is 193 Å². The van der Waals surface area contributed by atoms with Crippen molar-refractivity contribution in [2.24, 2.45) is 0 Å². The molecule has 0 aliphatic heterocycles. The van der Waals surface area contributed by atoms with E-state index in [1.165, 1.54) is 12.1 Å². The van der Waals surface area contributed by atoms with Crippen LogP contribution in [0.1, 0.15) is 40.5 Å². The molecule has 34 heavy (non-hydrogen) atoms. The molecule has 3 aromatic heterocycles. The molecule has 5 aromatic rings. The Morgan fingerprint density at radius 3 is 2.44 bits per heavy atom. The van der Waals surface area contributed by atoms with Gasteiger partial charge in [-0.05, 0) is 63.2 Å². The number of aryl methyl sites for hydroxylation is 2. The number of fused-ring (bicyclic) bond motifs is 1. The van der Waals surface area contributed by atoms with Gasteiger partial charge in [-0.1, -0.05) is 22.9 Å². The summed E-state index contributed by atoms with van der Waals surface area (Å²) in [6.45, 7) is 5.33. The molecule has 1 unspecified atom stereocenters. The largest absolute Gasteiger partial charge is 0.449 e. The van der Waals surface area contributed by atoms with E-state index in [1.54, 1.807) is 32.0 Å². The van der Waals surface area contributed by atoms with E-state index in [-0.39, 0.29) is 23.0 Å². The van der Waals surface area contributed by atoms with E-state index in [0.717, 1.165) is 11.1 Å². The lowest BCUT2D eigenvalue weighted by Crippen LogP contribution is -2.11. The summed E-state index contributed by atoms with van der Waals surface area (Å²) in [5.74, 6) is -0.518. The lowest BCUT2D eigenvalue weighted by Gasteiger charge is -2.11. The standard InChI is InChI=1S/C25H19FN4O4/c1-13-4-6-17(7-5-13)23-29-28-22(33-23)15(3)32-25(31)19-12-20(16-8-10-18(26)11-9-16)27-24-21(19)14(2)30-34-24/h4-12,15H,1-3H3. The number of carbonyl (C=O) groups is 1. The van der Waals surface area contributed by atoms with Gasteiger partial charge in [0.15, 0.2) is 6.10 Å². The Balaban J connectivity index is 1.44. The van der Waals surface area contributed by atoms with Crippen molar-refractivity contribution in [2.45, 2.75) is 26.9 Å². The monoisotopic (exact) mass is 458 g/mol. The van der Waals surface area contributed by atoms with Gasteiger partial charge in [-0.15, -0.1) is 10.2 Å². The number of rotatable bonds is 5. The molecule has 9 heteroatoms. The van der Waals surface area contributed by atoms with Crippen LogP contribution in [0.15, 0.2) is 63.5 Å². The van der Waals surface area contributed by atoms with Crippen molar-refractivity contribution in [3.63, 3.8) is 0 Å². The molecule has 5 rings (SSSR count). The lowest BCUT2D eigenvalue weighted by molar-refractivity contribution is 0.0282. The minimum atomic E-state index is -0.808. The number of ether oxygens (including phenoxy) is 1. The predicted molar refractivity (Wildman–Crippen MR) is 120 cm³/mol. The van der Waals surface area contributed by atoms with Crippen molar-refractivity contribution in [1.82, 2.24) is 20.3 Å². The summed E-state index contributed by atoms with van der Waals surface area (Å²) >= 11 is 0. The van der Waals surface area contributed by atoms with E-state index in [2.05, 4.69) is 20.3 Å². The van der Waals surface area contributed by atoms with Crippen LogP contribution in [0.3, 0.4) is 0 Å². The van der Waals surface area contributed by atoms with Crippen molar-refractivity contribution in [2.75, 3.05) is 0 Å². The summed E-state index contributed by atoms with van der Waals surface area (Å²) in [7, 11) is 0. The van der Waals surface area contributed by atoms with Gasteiger partial charge in [0.1, 0.15) is 5.82 Å². The molecule has 170 valence electrons. The molecule has 0 spiro atoms. The van der Waals surface area contributed by atoms with Crippen molar-refractivity contribution < 1.29 is 22.9 Å². The zero-order chi connectivity index (χ0) is 23.8. The number of nitrogens with zero attached hydrogens (tertiary/aromatic N) is 4. The second kappa shape index (κ2) is 8.51. The molecule has 0 fully saturated rings. The number of esters is 1. The van der Waals surface area contributed by atoms with E-state index in [0.29, 0.717) is 28.2 Å². The Morgan fingerprint density at radius 2 is 1.71 bits per heavy atom. The number of pyridine rings is 1. The zero-order valence-corrected chi connectivity index (χ0v) is 18.6. The SMILES string of the molecule is Cc1ccc(-c2nnc(C(C)OC(=O)c3cc(-c4ccc(F)cc4)nc4onc(C)c34)o2)cc1. The van der Waals surface area contributed by atoms with Crippen LogP contribution >= 0.6 is 0 Å². The summed E-state index contributed by atoms with van der Waals surface area (Å²) in [6.07, 6.45) is -0.808. The maximum atomic E-state index is 13.4. The molecule has 0 radical (unpaired) electrons. The van der Waals surface area contributed by atoms with Gasteiger partial charge in [0.25, 0.3) is 11.6 Å². The summed E-state index contributed by atoms with van der Waals surface area (Å²) in [6, 6.07) is 15.0. The fourth-order valence-electron chi connectivity index (χ4n) is 3.51. The van der Waals surface area contributed by atoms with Crippen LogP contribution in [0, 0.1) is 19.7 Å². The molecule has 0 bridgehead atoms. The highest BCUT2D eigenvalue weighted by atomic mass is 19.1. The third-order valence-electron chi connectivity index (χ3n) is 5.35. The van der Waals surface area contributed by atoms with Crippen molar-refractivity contribution in [3.8, 4) is 22.7 Å². The number of carbonyl (C=O) groups excluding carboxylic acids is 1. The van der Waals surface area contributed by atoms with Gasteiger partial charge in [0.05, 0.1) is 22.3 Å². The van der Waals surface area contributed by atoms with Gasteiger partial charge in [0, 0.05) is 11.1 Å². The second-order valence-electron chi connectivity index (χ2n) is 7.87. The third kappa shape index (κ3) is 4.03. The van der Waals surface area contributed by atoms with Crippen molar-refractivity contribution >= 4 is 17.1 Å². The van der Waals surface area contributed by atoms with Crippen LogP contribution in [0.2, 0.25) is 0 Å². The number of halogens is 1. The minimum Gasteiger partial charge on any atom is -0.449 e. The molecule has 2 aromatic carbocycles. The molecular formula is C25H19FN4O4. The molecule has 3 heterocycles. The van der Waals surface area contributed by atoms with Crippen LogP contribution < -0.4 is 0 Å². The number of aromatic nitrogens is 4. The molecule has 0 N–H and O–H groups in total.